The number of nitrogens with zero attached hydrogens (tertiary/aromatic N) is 1. The largest absolute Gasteiger partial charge is 0.334 e. The smallest absolute Gasteiger partial charge is 0.254 e. The Bertz CT molecular complexity index is 738. The predicted octanol–water partition coefficient (Wildman–Crippen LogP) is 3.72. The second-order valence-electron chi connectivity index (χ2n) is 6.20. The number of likely N-dealkylation sites (tertiary alicyclic amines) is 1. The second kappa shape index (κ2) is 10.7. The van der Waals surface area contributed by atoms with Crippen molar-refractivity contribution in [2.45, 2.75) is 23.1 Å². The highest BCUT2D eigenvalue weighted by Crippen LogP contribution is 2.24. The van der Waals surface area contributed by atoms with Gasteiger partial charge in [-0.3, -0.25) is 9.59 Å². The van der Waals surface area contributed by atoms with Gasteiger partial charge < -0.3 is 15.5 Å². The van der Waals surface area contributed by atoms with Gasteiger partial charge in [-0.15, -0.1) is 35.5 Å². The molecule has 27 heavy (non-hydrogen) atoms. The summed E-state index contributed by atoms with van der Waals surface area (Å²) >= 11 is 3.15. The molecule has 1 fully saturated rings. The molecule has 3 rings (SSSR count). The Morgan fingerprint density at radius 1 is 1.26 bits per heavy atom. The summed E-state index contributed by atoms with van der Waals surface area (Å²) in [6, 6.07) is 11.4. The summed E-state index contributed by atoms with van der Waals surface area (Å²) in [4.78, 5) is 26.7. The van der Waals surface area contributed by atoms with E-state index in [-0.39, 0.29) is 30.3 Å². The molecular formula is C19H24ClN3O2S2. The van der Waals surface area contributed by atoms with Crippen LogP contribution in [-0.4, -0.2) is 48.6 Å². The van der Waals surface area contributed by atoms with Crippen LogP contribution in [0.2, 0.25) is 0 Å². The summed E-state index contributed by atoms with van der Waals surface area (Å²) in [7, 11) is 1.91. The van der Waals surface area contributed by atoms with E-state index in [2.05, 4.69) is 10.6 Å². The van der Waals surface area contributed by atoms with Crippen LogP contribution in [-0.2, 0) is 4.79 Å². The van der Waals surface area contributed by atoms with Gasteiger partial charge in [0.1, 0.15) is 0 Å². The Balaban J connectivity index is 0.00000261. The monoisotopic (exact) mass is 425 g/mol. The minimum atomic E-state index is -0.0453. The van der Waals surface area contributed by atoms with Crippen molar-refractivity contribution in [3.63, 3.8) is 0 Å². The zero-order valence-electron chi connectivity index (χ0n) is 15.1. The number of amides is 2. The predicted molar refractivity (Wildman–Crippen MR) is 115 cm³/mol. The van der Waals surface area contributed by atoms with Gasteiger partial charge >= 0.3 is 0 Å². The van der Waals surface area contributed by atoms with Gasteiger partial charge in [0.2, 0.25) is 5.91 Å². The van der Waals surface area contributed by atoms with E-state index in [1.807, 2.05) is 29.5 Å². The van der Waals surface area contributed by atoms with Gasteiger partial charge in [-0.05, 0) is 55.6 Å². The van der Waals surface area contributed by atoms with Crippen LogP contribution in [0, 0.1) is 0 Å². The molecule has 8 heteroatoms. The molecule has 1 aliphatic rings. The number of benzene rings is 1. The van der Waals surface area contributed by atoms with E-state index >= 15 is 0 Å². The van der Waals surface area contributed by atoms with Crippen molar-refractivity contribution in [1.29, 1.82) is 0 Å². The molecule has 146 valence electrons. The Hall–Kier alpha value is -1.54. The maximum Gasteiger partial charge on any atom is 0.254 e. The molecule has 1 unspecified atom stereocenters. The quantitative estimate of drug-likeness (QED) is 0.663. The van der Waals surface area contributed by atoms with Crippen molar-refractivity contribution in [3.8, 4) is 0 Å². The van der Waals surface area contributed by atoms with Crippen LogP contribution in [0.25, 0.3) is 0 Å². The fourth-order valence-corrected chi connectivity index (χ4v) is 4.68. The maximum absolute atomic E-state index is 12.7. The van der Waals surface area contributed by atoms with Crippen molar-refractivity contribution in [2.24, 2.45) is 0 Å². The number of hydrogen-bond acceptors (Lipinski definition) is 5. The highest BCUT2D eigenvalue weighted by atomic mass is 35.5. The number of likely N-dealkylation sites (N-methyl/N-ethyl adjacent to an activating group) is 1. The van der Waals surface area contributed by atoms with Crippen LogP contribution in [0.5, 0.6) is 0 Å². The molecule has 0 saturated carbocycles. The van der Waals surface area contributed by atoms with Crippen LogP contribution in [0.1, 0.15) is 23.2 Å². The molecule has 0 bridgehead atoms. The summed E-state index contributed by atoms with van der Waals surface area (Å²) < 4.78 is 1.13. The number of carbonyl (C=O) groups excluding carboxylic acids is 2. The van der Waals surface area contributed by atoms with Gasteiger partial charge in [-0.1, -0.05) is 6.07 Å². The first kappa shape index (κ1) is 21.8. The topological polar surface area (TPSA) is 61.4 Å². The number of nitrogens with one attached hydrogen (secondary N) is 2. The molecular weight excluding hydrogens is 402 g/mol. The molecule has 1 atom stereocenters. The minimum Gasteiger partial charge on any atom is -0.334 e. The highest BCUT2D eigenvalue weighted by molar-refractivity contribution is 8.01. The first-order chi connectivity index (χ1) is 12.7. The summed E-state index contributed by atoms with van der Waals surface area (Å²) in [5, 5.41) is 8.03. The molecule has 0 spiro atoms. The number of halogens is 1. The van der Waals surface area contributed by atoms with Crippen LogP contribution < -0.4 is 10.6 Å². The highest BCUT2D eigenvalue weighted by Gasteiger charge is 2.28. The van der Waals surface area contributed by atoms with Crippen molar-refractivity contribution >= 4 is 53.0 Å². The van der Waals surface area contributed by atoms with Crippen LogP contribution in [0.4, 0.5) is 5.69 Å². The van der Waals surface area contributed by atoms with E-state index in [4.69, 9.17) is 0 Å². The lowest BCUT2D eigenvalue weighted by atomic mass is 10.1. The average molecular weight is 426 g/mol. The third kappa shape index (κ3) is 5.97. The summed E-state index contributed by atoms with van der Waals surface area (Å²) in [6.07, 6.45) is 2.09. The Morgan fingerprint density at radius 3 is 2.70 bits per heavy atom. The molecule has 1 aromatic heterocycles. The molecule has 5 nitrogen and oxygen atoms in total. The number of rotatable bonds is 7. The minimum absolute atomic E-state index is 0. The van der Waals surface area contributed by atoms with E-state index < -0.39 is 0 Å². The van der Waals surface area contributed by atoms with E-state index in [9.17, 15) is 9.59 Å². The standard InChI is InChI=1S/C19H23N3O2S2.ClH/c1-20-12-16-4-2-10-22(16)19(24)14-6-8-15(9-7-14)21-17(23)13-26-18-5-3-11-25-18;/h3,5-9,11,16,20H,2,4,10,12-13H2,1H3,(H,21,23);1H. The van der Waals surface area contributed by atoms with Gasteiger partial charge in [0.05, 0.1) is 9.96 Å². The fraction of sp³-hybridized carbons (Fsp3) is 0.368. The Kier molecular flexibility index (Phi) is 8.63. The lowest BCUT2D eigenvalue weighted by molar-refractivity contribution is -0.113. The van der Waals surface area contributed by atoms with Gasteiger partial charge in [-0.2, -0.15) is 0 Å². The van der Waals surface area contributed by atoms with Gasteiger partial charge in [0, 0.05) is 30.4 Å². The first-order valence-electron chi connectivity index (χ1n) is 8.69. The number of thiophene rings is 1. The first-order valence-corrected chi connectivity index (χ1v) is 10.6. The van der Waals surface area contributed by atoms with E-state index in [1.54, 1.807) is 35.6 Å². The summed E-state index contributed by atoms with van der Waals surface area (Å²) in [5.41, 5.74) is 1.38. The van der Waals surface area contributed by atoms with Crippen molar-refractivity contribution in [2.75, 3.05) is 31.2 Å². The molecule has 2 amide bonds. The fourth-order valence-electron chi connectivity index (χ4n) is 3.09. The van der Waals surface area contributed by atoms with Crippen molar-refractivity contribution in [1.82, 2.24) is 10.2 Å². The lowest BCUT2D eigenvalue weighted by Gasteiger charge is -2.24. The second-order valence-corrected chi connectivity index (χ2v) is 8.42. The maximum atomic E-state index is 12.7. The number of carbonyl (C=O) groups is 2. The SMILES string of the molecule is CNCC1CCCN1C(=O)c1ccc(NC(=O)CSc2cccs2)cc1.Cl. The summed E-state index contributed by atoms with van der Waals surface area (Å²) in [5.74, 6) is 0.394. The molecule has 1 aromatic carbocycles. The van der Waals surface area contributed by atoms with Crippen molar-refractivity contribution in [3.05, 3.63) is 47.3 Å². The third-order valence-corrected chi connectivity index (χ3v) is 6.46. The van der Waals surface area contributed by atoms with Gasteiger partial charge in [-0.25, -0.2) is 0 Å². The molecule has 1 saturated heterocycles. The molecule has 1 aliphatic heterocycles. The van der Waals surface area contributed by atoms with Gasteiger partial charge in [0.15, 0.2) is 0 Å². The average Bonchev–Trinajstić information content (AvgIpc) is 3.32. The van der Waals surface area contributed by atoms with Crippen LogP contribution in [0.15, 0.2) is 46.0 Å². The lowest BCUT2D eigenvalue weighted by Crippen LogP contribution is -2.40. The van der Waals surface area contributed by atoms with E-state index in [1.165, 1.54) is 11.8 Å². The zero-order valence-corrected chi connectivity index (χ0v) is 17.6. The Labute approximate surface area is 174 Å². The van der Waals surface area contributed by atoms with Crippen LogP contribution >= 0.6 is 35.5 Å². The third-order valence-electron chi connectivity index (χ3n) is 4.33. The normalized spacial score (nSPS) is 16.0. The number of anilines is 1. The molecule has 2 heterocycles. The van der Waals surface area contributed by atoms with Gasteiger partial charge in [0.25, 0.3) is 5.91 Å². The number of hydrogen-bond donors (Lipinski definition) is 2. The summed E-state index contributed by atoms with van der Waals surface area (Å²) in [6.45, 7) is 1.63. The van der Waals surface area contributed by atoms with E-state index in [0.717, 1.165) is 30.1 Å². The molecule has 2 aromatic rings. The molecule has 0 radical (unpaired) electrons. The van der Waals surface area contributed by atoms with Crippen LogP contribution in [0.3, 0.4) is 0 Å². The zero-order chi connectivity index (χ0) is 18.4. The Morgan fingerprint density at radius 2 is 2.04 bits per heavy atom. The number of thioether (sulfide) groups is 1. The molecule has 0 aliphatic carbocycles. The molecule has 2 N–H and O–H groups in total. The van der Waals surface area contributed by atoms with Crippen molar-refractivity contribution < 1.29 is 9.59 Å². The van der Waals surface area contributed by atoms with E-state index in [0.29, 0.717) is 17.0 Å².